The molecule has 0 aromatic carbocycles. The lowest BCUT2D eigenvalue weighted by Crippen LogP contribution is -2.33. The molecule has 0 aliphatic carbocycles. The Balaban J connectivity index is 2.70. The van der Waals surface area contributed by atoms with Gasteiger partial charge in [-0.15, -0.1) is 22.9 Å². The minimum atomic E-state index is 0.126. The van der Waals surface area contributed by atoms with Gasteiger partial charge in [0.25, 0.3) is 5.91 Å². The number of thiophene rings is 1. The normalized spacial score (nSPS) is 10.4. The Bertz CT molecular complexity index is 338. The van der Waals surface area contributed by atoms with E-state index in [2.05, 4.69) is 6.92 Å². The number of carbonyl (C=O) groups is 1. The monoisotopic (exact) mass is 259 g/mol. The van der Waals surface area contributed by atoms with Crippen LogP contribution in [0.3, 0.4) is 0 Å². The summed E-state index contributed by atoms with van der Waals surface area (Å²) < 4.78 is 0. The van der Waals surface area contributed by atoms with Crippen molar-refractivity contribution < 1.29 is 4.79 Å². The topological polar surface area (TPSA) is 20.3 Å². The Morgan fingerprint density at radius 2 is 2.25 bits per heavy atom. The van der Waals surface area contributed by atoms with Crippen molar-refractivity contribution in [3.05, 3.63) is 21.9 Å². The number of alkyl halides is 1. The van der Waals surface area contributed by atoms with Gasteiger partial charge in [-0.2, -0.15) is 0 Å². The molecule has 16 heavy (non-hydrogen) atoms. The Kier molecular flexibility index (Phi) is 5.85. The maximum atomic E-state index is 12.2. The molecule has 0 unspecified atom stereocenters. The quantitative estimate of drug-likeness (QED) is 0.716. The maximum Gasteiger partial charge on any atom is 0.264 e. The summed E-state index contributed by atoms with van der Waals surface area (Å²) in [6.07, 6.45) is 2.13. The van der Waals surface area contributed by atoms with Gasteiger partial charge in [-0.3, -0.25) is 4.79 Å². The molecular weight excluding hydrogens is 242 g/mol. The van der Waals surface area contributed by atoms with E-state index in [4.69, 9.17) is 11.6 Å². The van der Waals surface area contributed by atoms with Crippen LogP contribution in [-0.4, -0.2) is 29.8 Å². The lowest BCUT2D eigenvalue weighted by atomic mass is 10.2. The average Bonchev–Trinajstić information content (AvgIpc) is 2.69. The van der Waals surface area contributed by atoms with E-state index >= 15 is 0 Å². The molecule has 0 spiro atoms. The molecule has 1 heterocycles. The van der Waals surface area contributed by atoms with Gasteiger partial charge in [0, 0.05) is 19.0 Å². The highest BCUT2D eigenvalue weighted by atomic mass is 35.5. The van der Waals surface area contributed by atoms with Crippen LogP contribution in [-0.2, 0) is 0 Å². The molecule has 0 saturated carbocycles. The molecule has 0 saturated heterocycles. The fraction of sp³-hybridized carbons (Fsp3) is 0.583. The number of amides is 1. The van der Waals surface area contributed by atoms with Crippen molar-refractivity contribution >= 4 is 28.8 Å². The summed E-state index contributed by atoms with van der Waals surface area (Å²) >= 11 is 7.24. The molecule has 4 heteroatoms. The Hall–Kier alpha value is -0.540. The Morgan fingerprint density at radius 1 is 1.50 bits per heavy atom. The van der Waals surface area contributed by atoms with Crippen LogP contribution in [0.4, 0.5) is 0 Å². The van der Waals surface area contributed by atoms with Crippen molar-refractivity contribution in [2.24, 2.45) is 0 Å². The first-order chi connectivity index (χ1) is 7.70. The fourth-order valence-corrected chi connectivity index (χ4v) is 2.60. The standard InChI is InChI=1S/C12H18ClNOS/c1-3-4-7-14(8-6-13)12(15)11-10(2)5-9-16-11/h5,9H,3-4,6-8H2,1-2H3. The third kappa shape index (κ3) is 3.49. The van der Waals surface area contributed by atoms with E-state index in [1.54, 1.807) is 0 Å². The molecule has 2 nitrogen and oxygen atoms in total. The zero-order chi connectivity index (χ0) is 12.0. The first-order valence-electron chi connectivity index (χ1n) is 5.60. The fourth-order valence-electron chi connectivity index (χ4n) is 1.50. The third-order valence-corrected chi connectivity index (χ3v) is 3.65. The number of halogens is 1. The van der Waals surface area contributed by atoms with Gasteiger partial charge < -0.3 is 4.90 Å². The molecule has 1 aromatic heterocycles. The van der Waals surface area contributed by atoms with Gasteiger partial charge >= 0.3 is 0 Å². The summed E-state index contributed by atoms with van der Waals surface area (Å²) in [6, 6.07) is 1.98. The Labute approximate surface area is 106 Å². The highest BCUT2D eigenvalue weighted by Crippen LogP contribution is 2.18. The van der Waals surface area contributed by atoms with Crippen molar-refractivity contribution in [3.63, 3.8) is 0 Å². The van der Waals surface area contributed by atoms with Gasteiger partial charge in [0.1, 0.15) is 0 Å². The third-order valence-electron chi connectivity index (χ3n) is 2.48. The Morgan fingerprint density at radius 3 is 2.75 bits per heavy atom. The number of nitrogens with zero attached hydrogens (tertiary/aromatic N) is 1. The summed E-state index contributed by atoms with van der Waals surface area (Å²) in [5, 5.41) is 1.96. The van der Waals surface area contributed by atoms with Crippen LogP contribution < -0.4 is 0 Å². The summed E-state index contributed by atoms with van der Waals surface area (Å²) in [7, 11) is 0. The van der Waals surface area contributed by atoms with Gasteiger partial charge in [-0.1, -0.05) is 13.3 Å². The minimum Gasteiger partial charge on any atom is -0.337 e. The van der Waals surface area contributed by atoms with Gasteiger partial charge in [0.15, 0.2) is 0 Å². The first-order valence-corrected chi connectivity index (χ1v) is 7.01. The number of hydrogen-bond donors (Lipinski definition) is 0. The van der Waals surface area contributed by atoms with Gasteiger partial charge in [0.2, 0.25) is 0 Å². The SMILES string of the molecule is CCCCN(CCCl)C(=O)c1sccc1C. The number of unbranched alkanes of at least 4 members (excludes halogenated alkanes) is 1. The van der Waals surface area contributed by atoms with Crippen LogP contribution in [0.15, 0.2) is 11.4 Å². The van der Waals surface area contributed by atoms with E-state index in [1.165, 1.54) is 11.3 Å². The molecule has 1 rings (SSSR count). The smallest absolute Gasteiger partial charge is 0.264 e. The zero-order valence-electron chi connectivity index (χ0n) is 9.83. The summed E-state index contributed by atoms with van der Waals surface area (Å²) in [5.74, 6) is 0.626. The molecule has 90 valence electrons. The summed E-state index contributed by atoms with van der Waals surface area (Å²) in [6.45, 7) is 5.54. The number of rotatable bonds is 6. The van der Waals surface area contributed by atoms with Crippen LogP contribution in [0.2, 0.25) is 0 Å². The molecule has 0 atom stereocenters. The van der Waals surface area contributed by atoms with Crippen LogP contribution in [0.25, 0.3) is 0 Å². The lowest BCUT2D eigenvalue weighted by molar-refractivity contribution is 0.0767. The van der Waals surface area contributed by atoms with E-state index < -0.39 is 0 Å². The molecular formula is C12H18ClNOS. The van der Waals surface area contributed by atoms with E-state index in [-0.39, 0.29) is 5.91 Å². The van der Waals surface area contributed by atoms with Crippen molar-refractivity contribution in [3.8, 4) is 0 Å². The van der Waals surface area contributed by atoms with Crippen LogP contribution in [0, 0.1) is 6.92 Å². The largest absolute Gasteiger partial charge is 0.337 e. The zero-order valence-corrected chi connectivity index (χ0v) is 11.4. The maximum absolute atomic E-state index is 12.2. The highest BCUT2D eigenvalue weighted by molar-refractivity contribution is 7.12. The molecule has 0 aliphatic heterocycles. The molecule has 0 bridgehead atoms. The summed E-state index contributed by atoms with van der Waals surface area (Å²) in [4.78, 5) is 14.9. The van der Waals surface area contributed by atoms with E-state index in [0.29, 0.717) is 12.4 Å². The second-order valence-electron chi connectivity index (χ2n) is 3.77. The van der Waals surface area contributed by atoms with Gasteiger partial charge in [0.05, 0.1) is 4.88 Å². The van der Waals surface area contributed by atoms with Gasteiger partial charge in [-0.25, -0.2) is 0 Å². The van der Waals surface area contributed by atoms with Crippen molar-refractivity contribution in [1.29, 1.82) is 0 Å². The van der Waals surface area contributed by atoms with Crippen molar-refractivity contribution in [2.45, 2.75) is 26.7 Å². The second kappa shape index (κ2) is 6.92. The average molecular weight is 260 g/mol. The molecule has 0 fully saturated rings. The van der Waals surface area contributed by atoms with Crippen LogP contribution in [0.5, 0.6) is 0 Å². The van der Waals surface area contributed by atoms with Crippen LogP contribution in [0.1, 0.15) is 35.0 Å². The van der Waals surface area contributed by atoms with E-state index in [0.717, 1.165) is 29.8 Å². The molecule has 0 aliphatic rings. The van der Waals surface area contributed by atoms with E-state index in [1.807, 2.05) is 23.3 Å². The second-order valence-corrected chi connectivity index (χ2v) is 5.06. The van der Waals surface area contributed by atoms with Crippen molar-refractivity contribution in [2.75, 3.05) is 19.0 Å². The molecule has 1 aromatic rings. The number of carbonyl (C=O) groups excluding carboxylic acids is 1. The number of hydrogen-bond acceptors (Lipinski definition) is 2. The molecule has 1 amide bonds. The van der Waals surface area contributed by atoms with E-state index in [9.17, 15) is 4.79 Å². The highest BCUT2D eigenvalue weighted by Gasteiger charge is 2.17. The first kappa shape index (κ1) is 13.5. The predicted octanol–water partition coefficient (Wildman–Crippen LogP) is 3.54. The summed E-state index contributed by atoms with van der Waals surface area (Å²) in [5.41, 5.74) is 1.06. The molecule has 0 N–H and O–H groups in total. The van der Waals surface area contributed by atoms with Crippen molar-refractivity contribution in [1.82, 2.24) is 4.90 Å². The minimum absolute atomic E-state index is 0.126. The lowest BCUT2D eigenvalue weighted by Gasteiger charge is -2.21. The van der Waals surface area contributed by atoms with Crippen LogP contribution >= 0.6 is 22.9 Å². The predicted molar refractivity (Wildman–Crippen MR) is 70.6 cm³/mol. The number of aryl methyl sites for hydroxylation is 1. The van der Waals surface area contributed by atoms with Gasteiger partial charge in [-0.05, 0) is 30.4 Å². The molecule has 0 radical (unpaired) electrons.